The van der Waals surface area contributed by atoms with Crippen LogP contribution >= 0.6 is 0 Å². The van der Waals surface area contributed by atoms with Crippen LogP contribution in [-0.4, -0.2) is 66.6 Å². The summed E-state index contributed by atoms with van der Waals surface area (Å²) in [7, 11) is 0. The molecule has 0 radical (unpaired) electrons. The van der Waals surface area contributed by atoms with Gasteiger partial charge in [-0.1, -0.05) is 6.92 Å². The predicted molar refractivity (Wildman–Crippen MR) is 145 cm³/mol. The zero-order chi connectivity index (χ0) is 26.6. The predicted octanol–water partition coefficient (Wildman–Crippen LogP) is 5.14. The van der Waals surface area contributed by atoms with Crippen molar-refractivity contribution in [2.24, 2.45) is 0 Å². The van der Waals surface area contributed by atoms with Gasteiger partial charge in [-0.3, -0.25) is 10.1 Å². The summed E-state index contributed by atoms with van der Waals surface area (Å²) in [5, 5.41) is 23.0. The van der Waals surface area contributed by atoms with Crippen LogP contribution in [0.5, 0.6) is 0 Å². The minimum Gasteiger partial charge on any atom is -0.444 e. The molecule has 2 bridgehead atoms. The van der Waals surface area contributed by atoms with Gasteiger partial charge in [0.25, 0.3) is 0 Å². The van der Waals surface area contributed by atoms with Crippen LogP contribution in [0.1, 0.15) is 65.5 Å². The molecule has 5 rings (SSSR count). The number of H-pyrrole nitrogens is 1. The van der Waals surface area contributed by atoms with Crippen LogP contribution in [0.3, 0.4) is 0 Å². The number of carbonyl (C=O) groups is 1. The van der Waals surface area contributed by atoms with Gasteiger partial charge in [0.2, 0.25) is 0 Å². The van der Waals surface area contributed by atoms with E-state index in [1.807, 2.05) is 63.8 Å². The summed E-state index contributed by atoms with van der Waals surface area (Å²) >= 11 is 0. The molecule has 1 amide bonds. The minimum absolute atomic E-state index is 0.189. The maximum Gasteiger partial charge on any atom is 0.410 e. The summed E-state index contributed by atoms with van der Waals surface area (Å²) in [4.78, 5) is 24.1. The van der Waals surface area contributed by atoms with Crippen LogP contribution in [0, 0.1) is 6.92 Å². The van der Waals surface area contributed by atoms with E-state index in [1.54, 1.807) is 6.20 Å². The number of aromatic amines is 1. The highest BCUT2D eigenvalue weighted by molar-refractivity contribution is 5.91. The van der Waals surface area contributed by atoms with E-state index in [1.165, 1.54) is 0 Å². The van der Waals surface area contributed by atoms with Gasteiger partial charge in [-0.05, 0) is 71.9 Å². The van der Waals surface area contributed by atoms with Gasteiger partial charge in [0.05, 0.1) is 5.52 Å². The molecular formula is C27H39N7O3. The Morgan fingerprint density at radius 1 is 1.22 bits per heavy atom. The third-order valence-electron chi connectivity index (χ3n) is 6.46. The summed E-state index contributed by atoms with van der Waals surface area (Å²) < 4.78 is 5.67. The molecule has 0 spiro atoms. The second kappa shape index (κ2) is 11.3. The van der Waals surface area contributed by atoms with Crippen molar-refractivity contribution in [3.05, 3.63) is 36.2 Å². The van der Waals surface area contributed by atoms with Gasteiger partial charge in [-0.25, -0.2) is 9.78 Å². The molecule has 5 heterocycles. The Bertz CT molecular complexity index is 1190. The number of nitrogens with zero attached hydrogens (tertiary/aromatic N) is 4. The molecule has 3 aromatic heterocycles. The number of amides is 1. The normalized spacial score (nSPS) is 20.8. The van der Waals surface area contributed by atoms with Crippen molar-refractivity contribution in [2.45, 2.75) is 90.4 Å². The Kier molecular flexibility index (Phi) is 8.16. The fraction of sp³-hybridized carbons (Fsp3) is 0.556. The lowest BCUT2D eigenvalue weighted by Gasteiger charge is -2.39. The molecule has 3 aromatic rings. The molecule has 200 valence electrons. The van der Waals surface area contributed by atoms with E-state index in [0.717, 1.165) is 54.5 Å². The van der Waals surface area contributed by atoms with E-state index >= 15 is 0 Å². The molecule has 2 saturated heterocycles. The number of aryl methyl sites for hydroxylation is 1. The van der Waals surface area contributed by atoms with Gasteiger partial charge in [0, 0.05) is 54.1 Å². The third-order valence-corrected chi connectivity index (χ3v) is 6.46. The van der Waals surface area contributed by atoms with Crippen molar-refractivity contribution in [1.29, 1.82) is 0 Å². The molecule has 0 saturated carbocycles. The van der Waals surface area contributed by atoms with Gasteiger partial charge < -0.3 is 25.4 Å². The van der Waals surface area contributed by atoms with E-state index in [0.29, 0.717) is 18.2 Å². The Morgan fingerprint density at radius 3 is 2.51 bits per heavy atom. The topological polar surface area (TPSA) is 128 Å². The highest BCUT2D eigenvalue weighted by atomic mass is 16.6. The molecule has 10 heteroatoms. The number of aliphatic hydroxyl groups excluding tert-OH is 1. The summed E-state index contributed by atoms with van der Waals surface area (Å²) in [6, 6.07) is 8.42. The molecule has 0 aliphatic carbocycles. The number of pyridine rings is 2. The van der Waals surface area contributed by atoms with E-state index in [-0.39, 0.29) is 24.2 Å². The number of ether oxygens (including phenoxy) is 1. The molecule has 3 atom stereocenters. The summed E-state index contributed by atoms with van der Waals surface area (Å²) in [5.74, 6) is 2.19. The lowest BCUT2D eigenvalue weighted by atomic mass is 9.97. The average molecular weight is 510 g/mol. The maximum atomic E-state index is 12.8. The first-order valence-corrected chi connectivity index (χ1v) is 13.1. The van der Waals surface area contributed by atoms with Crippen LogP contribution in [0.4, 0.5) is 22.2 Å². The van der Waals surface area contributed by atoms with Crippen molar-refractivity contribution >= 4 is 34.4 Å². The van der Waals surface area contributed by atoms with E-state index in [9.17, 15) is 4.79 Å². The van der Waals surface area contributed by atoms with Gasteiger partial charge in [-0.15, -0.1) is 0 Å². The number of fused-ring (bicyclic) bond motifs is 3. The lowest BCUT2D eigenvalue weighted by Crippen LogP contribution is -2.51. The second-order valence-corrected chi connectivity index (χ2v) is 10.8. The number of hydrogen-bond donors (Lipinski definition) is 4. The SMILES string of the molecule is CCCO.Cc1cc(Nc2cc3ncccc3c(NC3C[C@H]4CC[C@@H](C3)N4C(=O)OC(C)(C)C)n2)n[nH]1. The Hall–Kier alpha value is -3.40. The van der Waals surface area contributed by atoms with Crippen LogP contribution in [0.2, 0.25) is 0 Å². The fourth-order valence-corrected chi connectivity index (χ4v) is 4.96. The number of rotatable bonds is 5. The maximum absolute atomic E-state index is 12.8. The summed E-state index contributed by atoms with van der Waals surface area (Å²) in [6.07, 6.45) is 6.23. The Morgan fingerprint density at radius 2 is 1.92 bits per heavy atom. The van der Waals surface area contributed by atoms with E-state index in [4.69, 9.17) is 14.8 Å². The molecule has 2 aliphatic rings. The molecule has 2 aliphatic heterocycles. The molecule has 2 fully saturated rings. The number of anilines is 3. The molecule has 10 nitrogen and oxygen atoms in total. The largest absolute Gasteiger partial charge is 0.444 e. The summed E-state index contributed by atoms with van der Waals surface area (Å²) in [5.41, 5.74) is 1.35. The first-order valence-electron chi connectivity index (χ1n) is 13.1. The van der Waals surface area contributed by atoms with Crippen LogP contribution in [-0.2, 0) is 4.74 Å². The Labute approximate surface area is 218 Å². The Balaban J connectivity index is 0.000000747. The first-order chi connectivity index (χ1) is 17.7. The molecule has 4 N–H and O–H groups in total. The standard InChI is InChI=1S/C24H31N7O2.C3H8O/c1-14-10-21(30-29-14)27-20-13-19-18(6-5-9-25-19)22(28-20)26-15-11-16-7-8-17(12-15)31(16)23(32)33-24(2,3)4;1-2-3-4/h5-6,9-10,13,15-17H,7-8,11-12H2,1-4H3,(H3,26,27,28,29,30);4H,2-3H2,1H3/t15?,16-,17+;. The van der Waals surface area contributed by atoms with Crippen LogP contribution < -0.4 is 10.6 Å². The number of hydrogen-bond acceptors (Lipinski definition) is 8. The number of aliphatic hydroxyl groups is 1. The van der Waals surface area contributed by atoms with Crippen molar-refractivity contribution in [1.82, 2.24) is 25.1 Å². The van der Waals surface area contributed by atoms with E-state index < -0.39 is 5.60 Å². The summed E-state index contributed by atoms with van der Waals surface area (Å²) in [6.45, 7) is 9.95. The van der Waals surface area contributed by atoms with Gasteiger partial charge in [0.1, 0.15) is 17.2 Å². The highest BCUT2D eigenvalue weighted by Crippen LogP contribution is 2.38. The smallest absolute Gasteiger partial charge is 0.410 e. The van der Waals surface area contributed by atoms with Gasteiger partial charge in [0.15, 0.2) is 5.82 Å². The first kappa shape index (κ1) is 26.7. The average Bonchev–Trinajstić information content (AvgIpc) is 3.37. The van der Waals surface area contributed by atoms with Gasteiger partial charge in [-0.2, -0.15) is 5.10 Å². The number of nitrogens with one attached hydrogen (secondary N) is 3. The number of piperidine rings is 1. The third kappa shape index (κ3) is 6.68. The zero-order valence-corrected chi connectivity index (χ0v) is 22.4. The van der Waals surface area contributed by atoms with E-state index in [2.05, 4.69) is 25.8 Å². The van der Waals surface area contributed by atoms with Crippen LogP contribution in [0.25, 0.3) is 10.9 Å². The lowest BCUT2D eigenvalue weighted by molar-refractivity contribution is 0.00683. The molecular weight excluding hydrogens is 470 g/mol. The molecule has 1 unspecified atom stereocenters. The highest BCUT2D eigenvalue weighted by Gasteiger charge is 2.45. The van der Waals surface area contributed by atoms with Crippen LogP contribution in [0.15, 0.2) is 30.5 Å². The number of carbonyl (C=O) groups excluding carboxylic acids is 1. The van der Waals surface area contributed by atoms with Crippen molar-refractivity contribution in [2.75, 3.05) is 17.2 Å². The molecule has 37 heavy (non-hydrogen) atoms. The minimum atomic E-state index is -0.484. The fourth-order valence-electron chi connectivity index (χ4n) is 4.96. The van der Waals surface area contributed by atoms with Gasteiger partial charge >= 0.3 is 6.09 Å². The van der Waals surface area contributed by atoms with Crippen molar-refractivity contribution in [3.63, 3.8) is 0 Å². The number of aromatic nitrogens is 4. The van der Waals surface area contributed by atoms with Crippen molar-refractivity contribution < 1.29 is 14.6 Å². The zero-order valence-electron chi connectivity index (χ0n) is 22.4. The van der Waals surface area contributed by atoms with Crippen molar-refractivity contribution in [3.8, 4) is 0 Å². The molecule has 0 aromatic carbocycles. The monoisotopic (exact) mass is 509 g/mol. The quantitative estimate of drug-likeness (QED) is 0.372. The second-order valence-electron chi connectivity index (χ2n) is 10.8.